The Hall–Kier alpha value is -2.51. The molecule has 0 saturated carbocycles. The maximum absolute atomic E-state index is 10.7. The van der Waals surface area contributed by atoms with Gasteiger partial charge in [-0.3, -0.25) is 5.43 Å². The summed E-state index contributed by atoms with van der Waals surface area (Å²) in [5.74, 6) is 1.46. The minimum absolute atomic E-state index is 0.730. The second kappa shape index (κ2) is 18.8. The Balaban J connectivity index is 1.61. The van der Waals surface area contributed by atoms with Crippen LogP contribution in [-0.2, 0) is 15.2 Å². The highest BCUT2D eigenvalue weighted by molar-refractivity contribution is 7.43. The van der Waals surface area contributed by atoms with Crippen LogP contribution in [0.2, 0.25) is 0 Å². The van der Waals surface area contributed by atoms with Crippen molar-refractivity contribution >= 4 is 8.53 Å². The molecule has 1 atom stereocenters. The molecule has 0 aliphatic carbocycles. The molecule has 0 heterocycles. The first-order valence-electron chi connectivity index (χ1n) is 14.8. The molecule has 0 aromatic heterocycles. The van der Waals surface area contributed by atoms with Crippen LogP contribution in [0.3, 0.4) is 0 Å². The molecule has 3 N–H and O–H groups in total. The van der Waals surface area contributed by atoms with E-state index in [1.54, 1.807) is 14.2 Å². The molecule has 0 fully saturated rings. The van der Waals surface area contributed by atoms with E-state index in [9.17, 15) is 4.89 Å². The summed E-state index contributed by atoms with van der Waals surface area (Å²) in [5, 5.41) is 2.86. The van der Waals surface area contributed by atoms with E-state index >= 15 is 0 Å². The minimum atomic E-state index is -2.11. The molecule has 0 saturated heterocycles. The van der Waals surface area contributed by atoms with Crippen LogP contribution in [0.1, 0.15) is 87.8 Å². The molecule has 0 amide bonds. The van der Waals surface area contributed by atoms with Crippen LogP contribution in [0, 0.1) is 0 Å². The Labute approximate surface area is 247 Å². The molecule has 0 radical (unpaired) electrons. The smallest absolute Gasteiger partial charge is 0.300 e. The van der Waals surface area contributed by atoms with Crippen LogP contribution in [0.15, 0.2) is 78.9 Å². The zero-order valence-corrected chi connectivity index (χ0v) is 25.7. The van der Waals surface area contributed by atoms with E-state index in [0.29, 0.717) is 0 Å². The Morgan fingerprint density at radius 1 is 0.634 bits per heavy atom. The van der Waals surface area contributed by atoms with Gasteiger partial charge in [-0.1, -0.05) is 119 Å². The summed E-state index contributed by atoms with van der Waals surface area (Å²) in [6.45, 7) is 2.99. The zero-order valence-electron chi connectivity index (χ0n) is 24.8. The highest BCUT2D eigenvalue weighted by Gasteiger charge is 2.40. The zero-order chi connectivity index (χ0) is 29.2. The summed E-state index contributed by atoms with van der Waals surface area (Å²) in [6, 6.07) is 25.1. The fourth-order valence-corrected chi connectivity index (χ4v) is 5.37. The second-order valence-electron chi connectivity index (χ2n) is 10.2. The van der Waals surface area contributed by atoms with Gasteiger partial charge in [-0.2, -0.15) is 9.87 Å². The third kappa shape index (κ3) is 10.4. The fourth-order valence-electron chi connectivity index (χ4n) is 4.90. The summed E-state index contributed by atoms with van der Waals surface area (Å²) in [5.41, 5.74) is 4.40. The molecule has 0 aliphatic rings. The molecule has 41 heavy (non-hydrogen) atoms. The number of ether oxygens (including phenoxy) is 2. The maximum Gasteiger partial charge on any atom is 0.300 e. The van der Waals surface area contributed by atoms with Gasteiger partial charge in [-0.25, -0.2) is 4.89 Å². The van der Waals surface area contributed by atoms with Gasteiger partial charge in [0.05, 0.1) is 14.2 Å². The lowest BCUT2D eigenvalue weighted by atomic mass is 9.80. The van der Waals surface area contributed by atoms with E-state index in [1.165, 1.54) is 51.4 Å². The van der Waals surface area contributed by atoms with Crippen molar-refractivity contribution in [3.05, 3.63) is 95.6 Å². The van der Waals surface area contributed by atoms with Gasteiger partial charge < -0.3 is 14.4 Å². The molecule has 1 unspecified atom stereocenters. The van der Waals surface area contributed by atoms with Crippen molar-refractivity contribution in [2.75, 3.05) is 20.8 Å². The second-order valence-corrected chi connectivity index (χ2v) is 11.1. The van der Waals surface area contributed by atoms with Gasteiger partial charge in [0, 0.05) is 6.54 Å². The Kier molecular flexibility index (Phi) is 15.2. The predicted molar refractivity (Wildman–Crippen MR) is 167 cm³/mol. The molecular weight excluding hydrogens is 535 g/mol. The van der Waals surface area contributed by atoms with Crippen molar-refractivity contribution < 1.29 is 23.9 Å². The van der Waals surface area contributed by atoms with Crippen LogP contribution < -0.4 is 20.1 Å². The van der Waals surface area contributed by atoms with Crippen molar-refractivity contribution in [2.24, 2.45) is 0 Å². The molecule has 0 aliphatic heterocycles. The lowest BCUT2D eigenvalue weighted by Crippen LogP contribution is -2.34. The van der Waals surface area contributed by atoms with E-state index in [0.717, 1.165) is 47.6 Å². The van der Waals surface area contributed by atoms with Crippen molar-refractivity contribution in [1.29, 1.82) is 0 Å². The van der Waals surface area contributed by atoms with Crippen LogP contribution >= 0.6 is 8.53 Å². The lowest BCUT2D eigenvalue weighted by Gasteiger charge is -2.34. The Bertz CT molecular complexity index is 1040. The lowest BCUT2D eigenvalue weighted by molar-refractivity contribution is -0.270. The van der Waals surface area contributed by atoms with Crippen LogP contribution in [0.25, 0.3) is 0 Å². The highest BCUT2D eigenvalue weighted by atomic mass is 31.2. The fraction of sp³-hybridized carbons (Fsp3) is 0.455. The first-order valence-corrected chi connectivity index (χ1v) is 16.0. The van der Waals surface area contributed by atoms with E-state index in [-0.39, 0.29) is 0 Å². The average molecular weight is 583 g/mol. The van der Waals surface area contributed by atoms with E-state index in [2.05, 4.69) is 17.5 Å². The number of hydrazine groups is 1. The molecule has 7 nitrogen and oxygen atoms in total. The van der Waals surface area contributed by atoms with Crippen molar-refractivity contribution in [2.45, 2.75) is 76.7 Å². The highest BCUT2D eigenvalue weighted by Crippen LogP contribution is 2.44. The van der Waals surface area contributed by atoms with E-state index < -0.39 is 14.1 Å². The third-order valence-electron chi connectivity index (χ3n) is 7.24. The predicted octanol–water partition coefficient (Wildman–Crippen LogP) is 8.18. The largest absolute Gasteiger partial charge is 0.497 e. The number of unbranched alkanes of at least 4 members (excludes halogenated alkanes) is 9. The van der Waals surface area contributed by atoms with Crippen LogP contribution in [0.4, 0.5) is 0 Å². The molecule has 8 heteroatoms. The summed E-state index contributed by atoms with van der Waals surface area (Å²) < 4.78 is 16.4. The van der Waals surface area contributed by atoms with Gasteiger partial charge >= 0.3 is 8.53 Å². The summed E-state index contributed by atoms with van der Waals surface area (Å²) in [4.78, 5) is 16.9. The average Bonchev–Trinajstić information content (AvgIpc) is 3.03. The SMILES string of the molecule is CCCCCCCCCCCCNNP(O)OOC(c1ccccc1)(c1ccc(OC)cc1)c1ccc(OC)cc1. The number of methoxy groups -OCH3 is 2. The van der Waals surface area contributed by atoms with Gasteiger partial charge in [0.1, 0.15) is 11.5 Å². The van der Waals surface area contributed by atoms with E-state index in [4.69, 9.17) is 19.0 Å². The summed E-state index contributed by atoms with van der Waals surface area (Å²) in [6.07, 6.45) is 12.8. The normalized spacial score (nSPS) is 12.3. The number of hydrogen-bond donors (Lipinski definition) is 3. The standard InChI is InChI=1S/C33H47N2O5P/c1-4-5-6-7-8-9-10-11-12-16-27-34-35-41(36)40-39-33(28-17-14-13-15-18-28,29-19-23-31(37-2)24-20-29)30-21-25-32(38-3)26-22-30/h13-15,17-26,34-36H,4-12,16,27H2,1-3H3. The first-order chi connectivity index (χ1) is 20.1. The Morgan fingerprint density at radius 2 is 1.10 bits per heavy atom. The molecule has 3 aromatic rings. The van der Waals surface area contributed by atoms with Crippen molar-refractivity contribution in [3.63, 3.8) is 0 Å². The number of nitrogens with one attached hydrogen (secondary N) is 2. The number of rotatable bonds is 21. The molecule has 3 aromatic carbocycles. The monoisotopic (exact) mass is 582 g/mol. The molecular formula is C33H47N2O5P. The minimum Gasteiger partial charge on any atom is -0.497 e. The quantitative estimate of drug-likeness (QED) is 0.0384. The third-order valence-corrected chi connectivity index (χ3v) is 7.80. The molecule has 224 valence electrons. The van der Waals surface area contributed by atoms with Gasteiger partial charge in [0.25, 0.3) is 0 Å². The first kappa shape index (κ1) is 33.0. The maximum atomic E-state index is 10.7. The van der Waals surface area contributed by atoms with Gasteiger partial charge in [-0.15, -0.1) is 0 Å². The number of benzene rings is 3. The van der Waals surface area contributed by atoms with E-state index in [1.807, 2.05) is 78.9 Å². The number of hydrogen-bond acceptors (Lipinski definition) is 7. The van der Waals surface area contributed by atoms with Crippen molar-refractivity contribution in [1.82, 2.24) is 10.6 Å². The summed E-state index contributed by atoms with van der Waals surface area (Å²) in [7, 11) is 1.16. The van der Waals surface area contributed by atoms with Gasteiger partial charge in [0.15, 0.2) is 5.60 Å². The van der Waals surface area contributed by atoms with Gasteiger partial charge in [-0.05, 0) is 47.4 Å². The molecule has 3 rings (SSSR count). The molecule has 0 bridgehead atoms. The topological polar surface area (TPSA) is 81.2 Å². The Morgan fingerprint density at radius 3 is 1.59 bits per heavy atom. The van der Waals surface area contributed by atoms with Crippen LogP contribution in [-0.4, -0.2) is 25.7 Å². The van der Waals surface area contributed by atoms with Gasteiger partial charge in [0.2, 0.25) is 0 Å². The van der Waals surface area contributed by atoms with Crippen LogP contribution in [0.5, 0.6) is 11.5 Å². The molecule has 0 spiro atoms. The summed E-state index contributed by atoms with van der Waals surface area (Å²) >= 11 is 0. The van der Waals surface area contributed by atoms with Crippen molar-refractivity contribution in [3.8, 4) is 11.5 Å².